The van der Waals surface area contributed by atoms with Gasteiger partial charge in [-0.25, -0.2) is 4.79 Å². The summed E-state index contributed by atoms with van der Waals surface area (Å²) in [5, 5.41) is 6.00. The van der Waals surface area contributed by atoms with E-state index in [2.05, 4.69) is 10.6 Å². The van der Waals surface area contributed by atoms with Gasteiger partial charge in [0.05, 0.1) is 6.61 Å². The summed E-state index contributed by atoms with van der Waals surface area (Å²) in [4.78, 5) is 11.5. The molecule has 0 aliphatic carbocycles. The van der Waals surface area contributed by atoms with Gasteiger partial charge in [-0.3, -0.25) is 0 Å². The van der Waals surface area contributed by atoms with Crippen molar-refractivity contribution < 1.29 is 19.0 Å². The van der Waals surface area contributed by atoms with Gasteiger partial charge < -0.3 is 24.8 Å². The van der Waals surface area contributed by atoms with E-state index >= 15 is 0 Å². The Bertz CT molecular complexity index is 321. The molecule has 2 rings (SSSR count). The second-order valence-electron chi connectivity index (χ2n) is 6.09. The molecule has 2 N–H and O–H groups in total. The zero-order chi connectivity index (χ0) is 13.9. The molecule has 6 nitrogen and oxygen atoms in total. The number of rotatable bonds is 2. The molecular weight excluding hydrogens is 248 g/mol. The molecule has 0 aromatic carbocycles. The Balaban J connectivity index is 1.72. The molecule has 0 aromatic heterocycles. The third kappa shape index (κ3) is 4.33. The molecule has 2 fully saturated rings. The molecule has 0 saturated carbocycles. The van der Waals surface area contributed by atoms with Crippen molar-refractivity contribution in [2.75, 3.05) is 26.2 Å². The number of hydrogen-bond donors (Lipinski definition) is 2. The number of nitrogens with one attached hydrogen (secondary N) is 2. The fourth-order valence-corrected chi connectivity index (χ4v) is 2.30. The van der Waals surface area contributed by atoms with Crippen LogP contribution in [0.1, 0.15) is 33.6 Å². The lowest BCUT2D eigenvalue weighted by Gasteiger charge is -2.32. The molecule has 0 bridgehead atoms. The highest BCUT2D eigenvalue weighted by molar-refractivity contribution is 5.67. The van der Waals surface area contributed by atoms with Crippen molar-refractivity contribution in [2.24, 2.45) is 0 Å². The topological polar surface area (TPSA) is 68.8 Å². The van der Waals surface area contributed by atoms with Gasteiger partial charge in [0.15, 0.2) is 5.79 Å². The minimum Gasteiger partial charge on any atom is -0.444 e. The van der Waals surface area contributed by atoms with Crippen LogP contribution in [0.3, 0.4) is 0 Å². The molecule has 1 atom stereocenters. The number of amides is 1. The fourth-order valence-electron chi connectivity index (χ4n) is 2.30. The van der Waals surface area contributed by atoms with Gasteiger partial charge >= 0.3 is 6.09 Å². The highest BCUT2D eigenvalue weighted by Gasteiger charge is 2.42. The van der Waals surface area contributed by atoms with E-state index in [1.54, 1.807) is 0 Å². The Labute approximate surface area is 114 Å². The van der Waals surface area contributed by atoms with Gasteiger partial charge in [0.25, 0.3) is 0 Å². The van der Waals surface area contributed by atoms with Crippen molar-refractivity contribution in [3.8, 4) is 0 Å². The lowest BCUT2D eigenvalue weighted by Crippen LogP contribution is -2.44. The third-order valence-electron chi connectivity index (χ3n) is 3.15. The zero-order valence-electron chi connectivity index (χ0n) is 12.0. The predicted molar refractivity (Wildman–Crippen MR) is 69.9 cm³/mol. The summed E-state index contributed by atoms with van der Waals surface area (Å²) in [5.74, 6) is -0.439. The Kier molecular flexibility index (Phi) is 4.32. The van der Waals surface area contributed by atoms with Crippen molar-refractivity contribution in [2.45, 2.75) is 51.1 Å². The van der Waals surface area contributed by atoms with Crippen LogP contribution in [0.25, 0.3) is 0 Å². The number of alkyl carbamates (subject to hydrolysis) is 1. The van der Waals surface area contributed by atoms with Crippen LogP contribution in [-0.2, 0) is 14.2 Å². The zero-order valence-corrected chi connectivity index (χ0v) is 12.0. The second-order valence-corrected chi connectivity index (χ2v) is 6.09. The smallest absolute Gasteiger partial charge is 0.407 e. The Morgan fingerprint density at radius 1 is 1.42 bits per heavy atom. The molecule has 2 aliphatic heterocycles. The highest BCUT2D eigenvalue weighted by atomic mass is 16.7. The third-order valence-corrected chi connectivity index (χ3v) is 3.15. The van der Waals surface area contributed by atoms with E-state index in [1.165, 1.54) is 0 Å². The summed E-state index contributed by atoms with van der Waals surface area (Å²) in [7, 11) is 0. The van der Waals surface area contributed by atoms with Crippen molar-refractivity contribution in [3.63, 3.8) is 0 Å². The van der Waals surface area contributed by atoms with Gasteiger partial charge in [-0.15, -0.1) is 0 Å². The minimum absolute atomic E-state index is 0.0920. The molecule has 2 heterocycles. The quantitative estimate of drug-likeness (QED) is 0.785. The van der Waals surface area contributed by atoms with Gasteiger partial charge in [0, 0.05) is 32.5 Å². The summed E-state index contributed by atoms with van der Waals surface area (Å²) in [6, 6.07) is 0. The van der Waals surface area contributed by atoms with Crippen molar-refractivity contribution >= 4 is 6.09 Å². The van der Waals surface area contributed by atoms with Gasteiger partial charge in [-0.05, 0) is 20.8 Å². The normalized spacial score (nSPS) is 26.4. The molecule has 0 radical (unpaired) electrons. The molecule has 0 aromatic rings. The first-order valence-electron chi connectivity index (χ1n) is 6.88. The lowest BCUT2D eigenvalue weighted by molar-refractivity contribution is -0.182. The predicted octanol–water partition coefficient (Wildman–Crippen LogP) is 1.01. The van der Waals surface area contributed by atoms with E-state index in [4.69, 9.17) is 14.2 Å². The first-order chi connectivity index (χ1) is 8.89. The SMILES string of the molecule is CC(C)(C)OC(=O)NC[C@H]1COC2(CCNCC2)O1. The molecule has 2 saturated heterocycles. The van der Waals surface area contributed by atoms with Crippen molar-refractivity contribution in [1.82, 2.24) is 10.6 Å². The van der Waals surface area contributed by atoms with Crippen LogP contribution in [0.5, 0.6) is 0 Å². The molecule has 110 valence electrons. The molecule has 6 heteroatoms. The Morgan fingerprint density at radius 2 is 2.11 bits per heavy atom. The monoisotopic (exact) mass is 272 g/mol. The van der Waals surface area contributed by atoms with E-state index in [0.717, 1.165) is 25.9 Å². The molecule has 1 amide bonds. The molecule has 2 aliphatic rings. The van der Waals surface area contributed by atoms with Gasteiger partial charge in [0.1, 0.15) is 11.7 Å². The minimum atomic E-state index is -0.479. The number of carbonyl (C=O) groups is 1. The van der Waals surface area contributed by atoms with E-state index in [-0.39, 0.29) is 6.10 Å². The first-order valence-corrected chi connectivity index (χ1v) is 6.88. The van der Waals surface area contributed by atoms with Crippen LogP contribution < -0.4 is 10.6 Å². The van der Waals surface area contributed by atoms with Crippen molar-refractivity contribution in [1.29, 1.82) is 0 Å². The van der Waals surface area contributed by atoms with Crippen LogP contribution in [-0.4, -0.2) is 49.8 Å². The number of ether oxygens (including phenoxy) is 3. The molecule has 0 unspecified atom stereocenters. The van der Waals surface area contributed by atoms with Crippen LogP contribution in [0.15, 0.2) is 0 Å². The molecule has 1 spiro atoms. The van der Waals surface area contributed by atoms with E-state index < -0.39 is 17.5 Å². The Hall–Kier alpha value is -0.850. The fraction of sp³-hybridized carbons (Fsp3) is 0.923. The van der Waals surface area contributed by atoms with Gasteiger partial charge in [0.2, 0.25) is 0 Å². The van der Waals surface area contributed by atoms with E-state index in [1.807, 2.05) is 20.8 Å². The largest absolute Gasteiger partial charge is 0.444 e. The highest BCUT2D eigenvalue weighted by Crippen LogP contribution is 2.31. The second kappa shape index (κ2) is 5.64. The Morgan fingerprint density at radius 3 is 2.74 bits per heavy atom. The lowest BCUT2D eigenvalue weighted by atomic mass is 10.1. The summed E-state index contributed by atoms with van der Waals surface area (Å²) in [6.45, 7) is 8.28. The molecule has 19 heavy (non-hydrogen) atoms. The number of hydrogen-bond acceptors (Lipinski definition) is 5. The maximum Gasteiger partial charge on any atom is 0.407 e. The van der Waals surface area contributed by atoms with E-state index in [9.17, 15) is 4.79 Å². The molecular formula is C13H24N2O4. The van der Waals surface area contributed by atoms with Crippen LogP contribution in [0.2, 0.25) is 0 Å². The standard InChI is InChI=1S/C13H24N2O4/c1-12(2,3)19-11(16)15-8-10-9-17-13(18-10)4-6-14-7-5-13/h10,14H,4-9H2,1-3H3,(H,15,16)/t10-/m0/s1. The van der Waals surface area contributed by atoms with Crippen LogP contribution >= 0.6 is 0 Å². The van der Waals surface area contributed by atoms with Gasteiger partial charge in [-0.2, -0.15) is 0 Å². The average molecular weight is 272 g/mol. The average Bonchev–Trinajstić information content (AvgIpc) is 2.69. The first kappa shape index (κ1) is 14.6. The van der Waals surface area contributed by atoms with E-state index in [0.29, 0.717) is 13.2 Å². The van der Waals surface area contributed by atoms with Gasteiger partial charge in [-0.1, -0.05) is 0 Å². The maximum atomic E-state index is 11.5. The number of piperidine rings is 1. The van der Waals surface area contributed by atoms with Crippen molar-refractivity contribution in [3.05, 3.63) is 0 Å². The summed E-state index contributed by atoms with van der Waals surface area (Å²) < 4.78 is 16.9. The maximum absolute atomic E-state index is 11.5. The number of carbonyl (C=O) groups excluding carboxylic acids is 1. The van der Waals surface area contributed by atoms with Crippen LogP contribution in [0, 0.1) is 0 Å². The summed E-state index contributed by atoms with van der Waals surface area (Å²) in [6.07, 6.45) is 1.21. The summed E-state index contributed by atoms with van der Waals surface area (Å²) in [5.41, 5.74) is -0.479. The summed E-state index contributed by atoms with van der Waals surface area (Å²) >= 11 is 0. The van der Waals surface area contributed by atoms with Crippen LogP contribution in [0.4, 0.5) is 4.79 Å².